The van der Waals surface area contributed by atoms with Crippen molar-refractivity contribution in [3.63, 3.8) is 0 Å². The maximum Gasteiger partial charge on any atom is 0.304 e. The summed E-state index contributed by atoms with van der Waals surface area (Å²) in [6.45, 7) is 2.53. The van der Waals surface area contributed by atoms with E-state index in [-0.39, 0.29) is 0 Å². The third kappa shape index (κ3) is 2.72. The fraction of sp³-hybridized carbons (Fsp3) is 0.727. The van der Waals surface area contributed by atoms with Gasteiger partial charge in [-0.1, -0.05) is 0 Å². The zero-order valence-electron chi connectivity index (χ0n) is 9.49. The third-order valence-electron chi connectivity index (χ3n) is 2.61. The molecule has 88 valence electrons. The average Bonchev–Trinajstić information content (AvgIpc) is 2.19. The molecule has 0 aliphatic heterocycles. The van der Waals surface area contributed by atoms with Gasteiger partial charge in [0.1, 0.15) is 6.07 Å². The first-order valence-electron chi connectivity index (χ1n) is 5.28. The van der Waals surface area contributed by atoms with E-state index in [4.69, 9.17) is 14.7 Å². The fourth-order valence-corrected chi connectivity index (χ4v) is 1.99. The molecule has 0 aromatic carbocycles. The van der Waals surface area contributed by atoms with E-state index in [2.05, 4.69) is 0 Å². The molecule has 1 fully saturated rings. The Labute approximate surface area is 94.3 Å². The van der Waals surface area contributed by atoms with Crippen molar-refractivity contribution in [2.45, 2.75) is 51.2 Å². The van der Waals surface area contributed by atoms with Gasteiger partial charge in [0.2, 0.25) is 5.60 Å². The molecule has 0 saturated heterocycles. The molecule has 1 aliphatic carbocycles. The minimum Gasteiger partial charge on any atom is -0.457 e. The van der Waals surface area contributed by atoms with Gasteiger partial charge >= 0.3 is 11.9 Å². The van der Waals surface area contributed by atoms with Gasteiger partial charge in [0.05, 0.1) is 0 Å². The Balaban J connectivity index is 2.88. The van der Waals surface area contributed by atoms with Gasteiger partial charge in [-0.2, -0.15) is 5.26 Å². The van der Waals surface area contributed by atoms with Gasteiger partial charge in [-0.25, -0.2) is 0 Å². The summed E-state index contributed by atoms with van der Waals surface area (Å²) in [5.41, 5.74) is -1.30. The van der Waals surface area contributed by atoms with E-state index in [1.807, 2.05) is 6.07 Å². The highest BCUT2D eigenvalue weighted by atomic mass is 16.6. The zero-order chi connectivity index (χ0) is 12.2. The fourth-order valence-electron chi connectivity index (χ4n) is 1.99. The molecule has 2 unspecified atom stereocenters. The van der Waals surface area contributed by atoms with Gasteiger partial charge in [-0.3, -0.25) is 9.59 Å². The minimum atomic E-state index is -1.30. The topological polar surface area (TPSA) is 76.4 Å². The lowest BCUT2D eigenvalue weighted by atomic mass is 9.83. The highest BCUT2D eigenvalue weighted by molar-refractivity contribution is 5.68. The summed E-state index contributed by atoms with van der Waals surface area (Å²) in [6.07, 6.45) is 1.98. The third-order valence-corrected chi connectivity index (χ3v) is 2.61. The first-order chi connectivity index (χ1) is 7.50. The molecule has 16 heavy (non-hydrogen) atoms. The second kappa shape index (κ2) is 4.97. The lowest BCUT2D eigenvalue weighted by molar-refractivity contribution is -0.180. The lowest BCUT2D eigenvalue weighted by Crippen LogP contribution is -2.49. The Bertz CT molecular complexity index is 333. The average molecular weight is 225 g/mol. The number of carbonyl (C=O) groups excluding carboxylic acids is 2. The maximum atomic E-state index is 11.0. The number of hydrogen-bond donors (Lipinski definition) is 0. The van der Waals surface area contributed by atoms with Crippen molar-refractivity contribution >= 4 is 11.9 Å². The summed E-state index contributed by atoms with van der Waals surface area (Å²) in [4.78, 5) is 21.9. The van der Waals surface area contributed by atoms with Crippen molar-refractivity contribution in [3.8, 4) is 6.07 Å². The van der Waals surface area contributed by atoms with E-state index >= 15 is 0 Å². The van der Waals surface area contributed by atoms with Crippen LogP contribution in [0.4, 0.5) is 0 Å². The van der Waals surface area contributed by atoms with Crippen LogP contribution in [0.3, 0.4) is 0 Å². The molecular formula is C11H15NO4. The van der Waals surface area contributed by atoms with E-state index in [9.17, 15) is 9.59 Å². The van der Waals surface area contributed by atoms with Crippen molar-refractivity contribution in [1.82, 2.24) is 0 Å². The van der Waals surface area contributed by atoms with Crippen LogP contribution in [0.25, 0.3) is 0 Å². The summed E-state index contributed by atoms with van der Waals surface area (Å²) in [5, 5.41) is 9.16. The van der Waals surface area contributed by atoms with Crippen LogP contribution in [0.15, 0.2) is 0 Å². The molecule has 0 aromatic heterocycles. The Morgan fingerprint density at radius 1 is 1.31 bits per heavy atom. The molecule has 1 rings (SSSR count). The predicted octanol–water partition coefficient (Wildman–Crippen LogP) is 1.32. The molecule has 0 bridgehead atoms. The first-order valence-corrected chi connectivity index (χ1v) is 5.28. The Kier molecular flexibility index (Phi) is 3.88. The quantitative estimate of drug-likeness (QED) is 0.662. The van der Waals surface area contributed by atoms with Crippen molar-refractivity contribution in [2.24, 2.45) is 0 Å². The number of nitriles is 1. The van der Waals surface area contributed by atoms with Gasteiger partial charge in [0.15, 0.2) is 6.10 Å². The van der Waals surface area contributed by atoms with E-state index in [0.717, 1.165) is 12.8 Å². The first kappa shape index (κ1) is 12.5. The van der Waals surface area contributed by atoms with Crippen LogP contribution in [0, 0.1) is 11.3 Å². The molecule has 0 amide bonds. The monoisotopic (exact) mass is 225 g/mol. The molecule has 0 heterocycles. The Morgan fingerprint density at radius 3 is 2.50 bits per heavy atom. The summed E-state index contributed by atoms with van der Waals surface area (Å²) in [7, 11) is 0. The maximum absolute atomic E-state index is 11.0. The summed E-state index contributed by atoms with van der Waals surface area (Å²) in [6, 6.07) is 1.98. The largest absolute Gasteiger partial charge is 0.457 e. The smallest absolute Gasteiger partial charge is 0.304 e. The van der Waals surface area contributed by atoms with E-state index in [1.54, 1.807) is 0 Å². The number of esters is 2. The summed E-state index contributed by atoms with van der Waals surface area (Å²) < 4.78 is 10.1. The highest BCUT2D eigenvalue weighted by Crippen LogP contribution is 2.33. The number of ether oxygens (including phenoxy) is 2. The van der Waals surface area contributed by atoms with Crippen molar-refractivity contribution in [3.05, 3.63) is 0 Å². The van der Waals surface area contributed by atoms with Crippen LogP contribution in [-0.4, -0.2) is 23.6 Å². The molecule has 5 nitrogen and oxygen atoms in total. The number of nitrogens with zero attached hydrogens (tertiary/aromatic N) is 1. The summed E-state index contributed by atoms with van der Waals surface area (Å²) in [5.74, 6) is -0.987. The van der Waals surface area contributed by atoms with Crippen LogP contribution in [0.5, 0.6) is 0 Å². The second-order valence-corrected chi connectivity index (χ2v) is 3.94. The number of hydrogen-bond acceptors (Lipinski definition) is 5. The molecule has 2 atom stereocenters. The van der Waals surface area contributed by atoms with Crippen LogP contribution in [0.1, 0.15) is 39.5 Å². The van der Waals surface area contributed by atoms with Crippen molar-refractivity contribution in [2.75, 3.05) is 0 Å². The van der Waals surface area contributed by atoms with E-state index in [1.165, 1.54) is 13.8 Å². The molecule has 5 heteroatoms. The lowest BCUT2D eigenvalue weighted by Gasteiger charge is -2.36. The van der Waals surface area contributed by atoms with Gasteiger partial charge in [-0.05, 0) is 19.3 Å². The Hall–Kier alpha value is -1.57. The van der Waals surface area contributed by atoms with Crippen LogP contribution in [-0.2, 0) is 19.1 Å². The summed E-state index contributed by atoms with van der Waals surface area (Å²) >= 11 is 0. The molecular weight excluding hydrogens is 210 g/mol. The van der Waals surface area contributed by atoms with Crippen molar-refractivity contribution in [1.29, 1.82) is 5.26 Å². The predicted molar refractivity (Wildman–Crippen MR) is 54.1 cm³/mol. The molecule has 0 aromatic rings. The van der Waals surface area contributed by atoms with Gasteiger partial charge in [0.25, 0.3) is 0 Å². The van der Waals surface area contributed by atoms with E-state index < -0.39 is 23.6 Å². The standard InChI is InChI=1S/C11H15NO4/c1-8(13)15-10-5-3-4-6-11(10,7-12)16-9(2)14/h10H,3-6H2,1-2H3. The van der Waals surface area contributed by atoms with Gasteiger partial charge in [0, 0.05) is 20.3 Å². The van der Waals surface area contributed by atoms with Gasteiger partial charge < -0.3 is 9.47 Å². The SMILES string of the molecule is CC(=O)OC1CCCCC1(C#N)OC(C)=O. The molecule has 0 N–H and O–H groups in total. The number of rotatable bonds is 2. The number of carbonyl (C=O) groups is 2. The molecule has 0 radical (unpaired) electrons. The van der Waals surface area contributed by atoms with Crippen molar-refractivity contribution < 1.29 is 19.1 Å². The van der Waals surface area contributed by atoms with E-state index in [0.29, 0.717) is 12.8 Å². The highest BCUT2D eigenvalue weighted by Gasteiger charge is 2.46. The van der Waals surface area contributed by atoms with Crippen LogP contribution < -0.4 is 0 Å². The second-order valence-electron chi connectivity index (χ2n) is 3.94. The molecule has 0 spiro atoms. The molecule has 1 saturated carbocycles. The van der Waals surface area contributed by atoms with Crippen LogP contribution >= 0.6 is 0 Å². The normalized spacial score (nSPS) is 28.9. The van der Waals surface area contributed by atoms with Gasteiger partial charge in [-0.15, -0.1) is 0 Å². The van der Waals surface area contributed by atoms with Crippen LogP contribution in [0.2, 0.25) is 0 Å². The molecule has 1 aliphatic rings. The minimum absolute atomic E-state index is 0.418. The Morgan fingerprint density at radius 2 is 2.00 bits per heavy atom. The zero-order valence-corrected chi connectivity index (χ0v) is 9.49.